The van der Waals surface area contributed by atoms with Crippen molar-refractivity contribution in [3.05, 3.63) is 46.3 Å². The molecule has 0 atom stereocenters. The zero-order valence-electron chi connectivity index (χ0n) is 18.6. The normalized spacial score (nSPS) is 21.8. The predicted octanol–water partition coefficient (Wildman–Crippen LogP) is 4.65. The number of aromatic nitrogens is 1. The molecule has 2 aliphatic rings. The number of hydrogen-bond donors (Lipinski definition) is 1. The molecule has 0 spiro atoms. The van der Waals surface area contributed by atoms with Crippen LogP contribution in [-0.2, 0) is 4.84 Å². The van der Waals surface area contributed by atoms with E-state index < -0.39 is 11.9 Å². The Hall–Kier alpha value is -2.36. The third-order valence-corrected chi connectivity index (χ3v) is 6.46. The molecule has 0 radical (unpaired) electrons. The molecular formula is C23H27ClF3N5O. The lowest BCUT2D eigenvalue weighted by Gasteiger charge is -2.38. The van der Waals surface area contributed by atoms with Gasteiger partial charge in [0.1, 0.15) is 5.70 Å². The number of hydroxylamine groups is 2. The van der Waals surface area contributed by atoms with Crippen molar-refractivity contribution in [1.29, 1.82) is 0 Å². The number of aliphatic imine (C=N–C) groups is 1. The third-order valence-electron chi connectivity index (χ3n) is 6.23. The highest BCUT2D eigenvalue weighted by Crippen LogP contribution is 2.34. The highest BCUT2D eigenvalue weighted by Gasteiger charge is 2.37. The summed E-state index contributed by atoms with van der Waals surface area (Å²) in [6.45, 7) is 4.17. The van der Waals surface area contributed by atoms with E-state index in [-0.39, 0.29) is 24.6 Å². The number of allylic oxidation sites excluding steroid dienone is 1. The van der Waals surface area contributed by atoms with Crippen LogP contribution in [0.5, 0.6) is 0 Å². The molecule has 1 aromatic carbocycles. The van der Waals surface area contributed by atoms with Crippen LogP contribution >= 0.6 is 11.6 Å². The molecule has 0 unspecified atom stereocenters. The van der Waals surface area contributed by atoms with Crippen molar-refractivity contribution in [3.63, 3.8) is 0 Å². The largest absolute Gasteiger partial charge is 0.431 e. The highest BCUT2D eigenvalue weighted by molar-refractivity contribution is 6.31. The van der Waals surface area contributed by atoms with Crippen LogP contribution < -0.4 is 10.6 Å². The first-order valence-corrected chi connectivity index (χ1v) is 11.3. The molecule has 10 heteroatoms. The molecule has 0 aliphatic carbocycles. The lowest BCUT2D eigenvalue weighted by Crippen LogP contribution is -2.45. The van der Waals surface area contributed by atoms with E-state index in [9.17, 15) is 13.2 Å². The fraction of sp³-hybridized carbons (Fsp3) is 0.478. The molecule has 0 saturated carbocycles. The van der Waals surface area contributed by atoms with Crippen molar-refractivity contribution >= 4 is 33.9 Å². The second-order valence-corrected chi connectivity index (χ2v) is 8.85. The molecular weight excluding hydrogens is 455 g/mol. The van der Waals surface area contributed by atoms with Gasteiger partial charge in [0.2, 0.25) is 0 Å². The standard InChI is InChI=1S/C23H27ClF3N5O/c1-14-12-30-19-4-3-15(24)11-18(19)21(14)31-8-5-16(6-9-31)33-32-10-7-17(20(13-32)29-2)22(28)23(25,26)27/h3-4,11-12,16H,5-10,13,28H2,1-2H3. The minimum absolute atomic E-state index is 0.0122. The van der Waals surface area contributed by atoms with Gasteiger partial charge in [0.05, 0.1) is 29.6 Å². The number of hydrogen-bond acceptors (Lipinski definition) is 6. The number of aryl methyl sites for hydroxylation is 1. The van der Waals surface area contributed by atoms with E-state index in [1.165, 1.54) is 7.05 Å². The zero-order chi connectivity index (χ0) is 23.8. The van der Waals surface area contributed by atoms with Crippen LogP contribution in [0.25, 0.3) is 10.9 Å². The molecule has 2 aliphatic heterocycles. The molecule has 2 N–H and O–H groups in total. The number of rotatable bonds is 3. The molecule has 2 aromatic rings. The van der Waals surface area contributed by atoms with Crippen molar-refractivity contribution in [1.82, 2.24) is 10.0 Å². The van der Waals surface area contributed by atoms with Crippen molar-refractivity contribution in [2.24, 2.45) is 10.7 Å². The molecule has 4 rings (SSSR count). The average Bonchev–Trinajstić information content (AvgIpc) is 2.78. The number of piperidine rings is 2. The molecule has 1 aromatic heterocycles. The second-order valence-electron chi connectivity index (χ2n) is 8.42. The first-order valence-electron chi connectivity index (χ1n) is 10.9. The number of benzene rings is 1. The summed E-state index contributed by atoms with van der Waals surface area (Å²) in [7, 11) is 1.48. The van der Waals surface area contributed by atoms with Gasteiger partial charge in [-0.15, -0.1) is 0 Å². The maximum atomic E-state index is 13.0. The maximum absolute atomic E-state index is 13.0. The van der Waals surface area contributed by atoms with E-state index in [0.29, 0.717) is 17.3 Å². The van der Waals surface area contributed by atoms with Crippen LogP contribution in [0.4, 0.5) is 18.9 Å². The van der Waals surface area contributed by atoms with Crippen molar-refractivity contribution in [2.75, 3.05) is 38.1 Å². The molecule has 0 bridgehead atoms. The van der Waals surface area contributed by atoms with Gasteiger partial charge in [0.15, 0.2) is 0 Å². The Bertz CT molecular complexity index is 1090. The summed E-state index contributed by atoms with van der Waals surface area (Å²) in [5.74, 6) is 0. The van der Waals surface area contributed by atoms with E-state index in [1.807, 2.05) is 31.3 Å². The number of anilines is 1. The van der Waals surface area contributed by atoms with E-state index in [0.717, 1.165) is 48.1 Å². The number of halogens is 4. The molecule has 6 nitrogen and oxygen atoms in total. The van der Waals surface area contributed by atoms with E-state index in [2.05, 4.69) is 14.9 Å². The summed E-state index contributed by atoms with van der Waals surface area (Å²) in [5, 5.41) is 3.42. The van der Waals surface area contributed by atoms with E-state index in [4.69, 9.17) is 22.2 Å². The topological polar surface area (TPSA) is 67.0 Å². The van der Waals surface area contributed by atoms with Gasteiger partial charge < -0.3 is 10.6 Å². The number of nitrogens with two attached hydrogens (primary N) is 1. The first kappa shape index (κ1) is 23.8. The number of nitrogens with zero attached hydrogens (tertiary/aromatic N) is 4. The van der Waals surface area contributed by atoms with Crippen LogP contribution in [0.2, 0.25) is 5.02 Å². The minimum atomic E-state index is -4.55. The smallest absolute Gasteiger partial charge is 0.394 e. The Kier molecular flexibility index (Phi) is 6.83. The Labute approximate surface area is 195 Å². The van der Waals surface area contributed by atoms with Crippen LogP contribution in [0.1, 0.15) is 24.8 Å². The molecule has 3 heterocycles. The van der Waals surface area contributed by atoms with Gasteiger partial charge in [-0.1, -0.05) is 11.6 Å². The summed E-state index contributed by atoms with van der Waals surface area (Å²) in [6.07, 6.45) is -0.938. The SMILES string of the molecule is CN=C1CN(OC2CCN(c3c(C)cnc4ccc(Cl)cc34)CC2)CCC1=C(N)C(F)(F)F. The molecule has 0 amide bonds. The number of alkyl halides is 3. The fourth-order valence-corrected chi connectivity index (χ4v) is 4.72. The summed E-state index contributed by atoms with van der Waals surface area (Å²) >= 11 is 6.24. The summed E-state index contributed by atoms with van der Waals surface area (Å²) < 4.78 is 39.1. The quantitative estimate of drug-likeness (QED) is 0.691. The van der Waals surface area contributed by atoms with Crippen LogP contribution in [0.15, 0.2) is 40.7 Å². The number of fused-ring (bicyclic) bond motifs is 1. The second kappa shape index (κ2) is 9.48. The zero-order valence-corrected chi connectivity index (χ0v) is 19.4. The summed E-state index contributed by atoms with van der Waals surface area (Å²) in [5.41, 5.74) is 7.81. The Balaban J connectivity index is 1.41. The lowest BCUT2D eigenvalue weighted by molar-refractivity contribution is -0.195. The van der Waals surface area contributed by atoms with Gasteiger partial charge in [-0.2, -0.15) is 18.2 Å². The lowest BCUT2D eigenvalue weighted by atomic mass is 10.00. The van der Waals surface area contributed by atoms with Gasteiger partial charge in [-0.3, -0.25) is 14.8 Å². The van der Waals surface area contributed by atoms with Gasteiger partial charge in [-0.05, 0) is 49.9 Å². The molecule has 178 valence electrons. The molecule has 33 heavy (non-hydrogen) atoms. The minimum Gasteiger partial charge on any atom is -0.394 e. The van der Waals surface area contributed by atoms with Crippen LogP contribution in [0.3, 0.4) is 0 Å². The number of pyridine rings is 1. The molecule has 2 saturated heterocycles. The van der Waals surface area contributed by atoms with Gasteiger partial charge in [0.25, 0.3) is 0 Å². The summed E-state index contributed by atoms with van der Waals surface area (Å²) in [6, 6.07) is 5.71. The Morgan fingerprint density at radius 1 is 1.24 bits per heavy atom. The van der Waals surface area contributed by atoms with Crippen LogP contribution in [0, 0.1) is 6.92 Å². The van der Waals surface area contributed by atoms with Crippen molar-refractivity contribution in [2.45, 2.75) is 38.5 Å². The summed E-state index contributed by atoms with van der Waals surface area (Å²) in [4.78, 5) is 17.0. The predicted molar refractivity (Wildman–Crippen MR) is 125 cm³/mol. The van der Waals surface area contributed by atoms with Crippen LogP contribution in [-0.4, -0.2) is 61.3 Å². The highest BCUT2D eigenvalue weighted by atomic mass is 35.5. The molecule has 2 fully saturated rings. The van der Waals surface area contributed by atoms with Gasteiger partial charge in [0, 0.05) is 48.9 Å². The van der Waals surface area contributed by atoms with E-state index in [1.54, 1.807) is 5.06 Å². The van der Waals surface area contributed by atoms with Gasteiger partial charge in [-0.25, -0.2) is 0 Å². The Morgan fingerprint density at radius 2 is 1.97 bits per heavy atom. The average molecular weight is 482 g/mol. The van der Waals surface area contributed by atoms with Gasteiger partial charge >= 0.3 is 6.18 Å². The fourth-order valence-electron chi connectivity index (χ4n) is 4.54. The van der Waals surface area contributed by atoms with Crippen molar-refractivity contribution in [3.8, 4) is 0 Å². The van der Waals surface area contributed by atoms with E-state index >= 15 is 0 Å². The Morgan fingerprint density at radius 3 is 2.64 bits per heavy atom. The monoisotopic (exact) mass is 481 g/mol. The first-order chi connectivity index (χ1) is 15.7. The maximum Gasteiger partial charge on any atom is 0.431 e. The third kappa shape index (κ3) is 5.10. The van der Waals surface area contributed by atoms with Crippen molar-refractivity contribution < 1.29 is 18.0 Å².